The molecule has 2 atom stereocenters. The molecule has 0 N–H and O–H groups in total. The fourth-order valence-corrected chi connectivity index (χ4v) is 4.82. The van der Waals surface area contributed by atoms with E-state index in [1.54, 1.807) is 13.8 Å². The predicted molar refractivity (Wildman–Crippen MR) is 154 cm³/mol. The van der Waals surface area contributed by atoms with Gasteiger partial charge in [0.25, 0.3) is 0 Å². The number of carbonyl (C=O) groups is 4. The van der Waals surface area contributed by atoms with Crippen molar-refractivity contribution in [1.82, 2.24) is 0 Å². The SMILES string of the molecule is CC(=O)OCCCOC(=O)OCC(C)(COC(=O)C(C)(C)CC(Br)c1ccccc1)C(=O)OCCCCCCC(F)(F)F. The Bertz CT molecular complexity index is 1020. The van der Waals surface area contributed by atoms with Gasteiger partial charge in [0.2, 0.25) is 0 Å². The Balaban J connectivity index is 2.74. The number of hydrogen-bond donors (Lipinski definition) is 0. The minimum atomic E-state index is -4.21. The zero-order valence-corrected chi connectivity index (χ0v) is 26.7. The molecule has 0 bridgehead atoms. The molecule has 0 aliphatic carbocycles. The minimum absolute atomic E-state index is 0.0166. The zero-order valence-electron chi connectivity index (χ0n) is 25.1. The van der Waals surface area contributed by atoms with E-state index in [4.69, 9.17) is 23.7 Å². The first-order valence-electron chi connectivity index (χ1n) is 14.1. The Labute approximate surface area is 259 Å². The summed E-state index contributed by atoms with van der Waals surface area (Å²) in [5.41, 5.74) is -1.56. The summed E-state index contributed by atoms with van der Waals surface area (Å²) in [6, 6.07) is 9.52. The average molecular weight is 684 g/mol. The number of unbranched alkanes of at least 4 members (excludes halogenated alkanes) is 3. The van der Waals surface area contributed by atoms with Crippen LogP contribution in [0.5, 0.6) is 0 Å². The number of rotatable bonds is 19. The van der Waals surface area contributed by atoms with Crippen molar-refractivity contribution in [2.24, 2.45) is 10.8 Å². The van der Waals surface area contributed by atoms with E-state index < -0.39 is 60.7 Å². The Morgan fingerprint density at radius 2 is 1.33 bits per heavy atom. The van der Waals surface area contributed by atoms with E-state index in [1.807, 2.05) is 30.3 Å². The summed E-state index contributed by atoms with van der Waals surface area (Å²) < 4.78 is 62.6. The molecule has 1 aromatic rings. The highest BCUT2D eigenvalue weighted by molar-refractivity contribution is 9.09. The molecule has 13 heteroatoms. The number of hydrogen-bond acceptors (Lipinski definition) is 9. The standard InChI is InChI=1S/C30H42BrF3O9/c1-22(35)39-17-12-18-41-27(38)43-21-29(4,26(37)40-16-11-6-5-10-15-30(32,33)34)20-42-25(36)28(2,3)19-24(31)23-13-8-7-9-14-23/h7-9,13-14,24H,5-6,10-12,15-21H2,1-4H3. The average Bonchev–Trinajstić information content (AvgIpc) is 2.93. The summed E-state index contributed by atoms with van der Waals surface area (Å²) in [6.45, 7) is 4.98. The number of halogens is 4. The first-order valence-corrected chi connectivity index (χ1v) is 15.0. The molecule has 244 valence electrons. The quantitative estimate of drug-likeness (QED) is 0.0644. The second-order valence-electron chi connectivity index (χ2n) is 11.1. The molecular formula is C30H42BrF3O9. The van der Waals surface area contributed by atoms with Gasteiger partial charge in [-0.1, -0.05) is 59.1 Å². The Morgan fingerprint density at radius 1 is 0.744 bits per heavy atom. The van der Waals surface area contributed by atoms with Crippen LogP contribution in [0.3, 0.4) is 0 Å². The topological polar surface area (TPSA) is 114 Å². The van der Waals surface area contributed by atoms with Crippen LogP contribution in [-0.2, 0) is 38.1 Å². The summed E-state index contributed by atoms with van der Waals surface area (Å²) in [5, 5.41) is 0. The maximum absolute atomic E-state index is 13.1. The van der Waals surface area contributed by atoms with Crippen LogP contribution in [0, 0.1) is 10.8 Å². The number of carbonyl (C=O) groups excluding carboxylic acids is 4. The second kappa shape index (κ2) is 18.7. The van der Waals surface area contributed by atoms with Gasteiger partial charge in [0.15, 0.2) is 0 Å². The van der Waals surface area contributed by atoms with E-state index in [9.17, 15) is 32.3 Å². The van der Waals surface area contributed by atoms with E-state index >= 15 is 0 Å². The molecule has 0 heterocycles. The largest absolute Gasteiger partial charge is 0.508 e. The van der Waals surface area contributed by atoms with Crippen molar-refractivity contribution >= 4 is 40.0 Å². The summed E-state index contributed by atoms with van der Waals surface area (Å²) in [6.07, 6.45) is -4.46. The fraction of sp³-hybridized carbons (Fsp3) is 0.667. The van der Waals surface area contributed by atoms with Crippen molar-refractivity contribution in [1.29, 1.82) is 0 Å². The van der Waals surface area contributed by atoms with Crippen molar-refractivity contribution < 1.29 is 56.0 Å². The second-order valence-corrected chi connectivity index (χ2v) is 12.2. The van der Waals surface area contributed by atoms with E-state index in [0.29, 0.717) is 25.7 Å². The molecule has 0 radical (unpaired) electrons. The molecule has 1 rings (SSSR count). The number of ether oxygens (including phenoxy) is 5. The van der Waals surface area contributed by atoms with E-state index in [2.05, 4.69) is 15.9 Å². The monoisotopic (exact) mass is 682 g/mol. The summed E-state index contributed by atoms with van der Waals surface area (Å²) in [7, 11) is 0. The molecule has 0 amide bonds. The van der Waals surface area contributed by atoms with Gasteiger partial charge in [0, 0.05) is 24.6 Å². The molecule has 1 aromatic carbocycles. The maximum Gasteiger partial charge on any atom is 0.508 e. The van der Waals surface area contributed by atoms with Gasteiger partial charge < -0.3 is 23.7 Å². The minimum Gasteiger partial charge on any atom is -0.466 e. The smallest absolute Gasteiger partial charge is 0.466 e. The third kappa shape index (κ3) is 16.6. The fourth-order valence-electron chi connectivity index (χ4n) is 3.70. The van der Waals surface area contributed by atoms with Crippen molar-refractivity contribution in [3.8, 4) is 0 Å². The molecular weight excluding hydrogens is 641 g/mol. The molecule has 0 saturated heterocycles. The van der Waals surface area contributed by atoms with Crippen LogP contribution < -0.4 is 0 Å². The number of benzene rings is 1. The van der Waals surface area contributed by atoms with Crippen molar-refractivity contribution in [2.75, 3.05) is 33.0 Å². The third-order valence-corrected chi connectivity index (χ3v) is 7.18. The maximum atomic E-state index is 13.1. The van der Waals surface area contributed by atoms with Crippen molar-refractivity contribution in [2.45, 2.75) is 83.6 Å². The predicted octanol–water partition coefficient (Wildman–Crippen LogP) is 7.25. The highest BCUT2D eigenvalue weighted by atomic mass is 79.9. The first kappa shape index (κ1) is 38.2. The van der Waals surface area contributed by atoms with Gasteiger partial charge in [0.05, 0.1) is 25.2 Å². The third-order valence-electron chi connectivity index (χ3n) is 6.33. The highest BCUT2D eigenvalue weighted by Gasteiger charge is 2.41. The van der Waals surface area contributed by atoms with Crippen LogP contribution in [0.2, 0.25) is 0 Å². The molecule has 0 aromatic heterocycles. The van der Waals surface area contributed by atoms with Crippen LogP contribution in [0.15, 0.2) is 30.3 Å². The zero-order chi connectivity index (χ0) is 32.5. The lowest BCUT2D eigenvalue weighted by Gasteiger charge is -2.30. The normalized spacial score (nSPS) is 13.8. The van der Waals surface area contributed by atoms with Crippen molar-refractivity contribution in [3.05, 3.63) is 35.9 Å². The van der Waals surface area contributed by atoms with Crippen LogP contribution in [0.4, 0.5) is 18.0 Å². The summed E-state index contributed by atoms with van der Waals surface area (Å²) in [5.74, 6) is -1.86. The van der Waals surface area contributed by atoms with Gasteiger partial charge in [-0.3, -0.25) is 14.4 Å². The lowest BCUT2D eigenvalue weighted by atomic mass is 9.86. The molecule has 2 unspecified atom stereocenters. The summed E-state index contributed by atoms with van der Waals surface area (Å²) in [4.78, 5) is 48.9. The number of esters is 3. The molecule has 0 spiro atoms. The lowest BCUT2D eigenvalue weighted by Crippen LogP contribution is -2.42. The lowest BCUT2D eigenvalue weighted by molar-refractivity contribution is -0.170. The van der Waals surface area contributed by atoms with Gasteiger partial charge in [-0.15, -0.1) is 0 Å². The Morgan fingerprint density at radius 3 is 1.95 bits per heavy atom. The summed E-state index contributed by atoms with van der Waals surface area (Å²) >= 11 is 3.61. The Kier molecular flexibility index (Phi) is 16.7. The molecule has 0 saturated carbocycles. The van der Waals surface area contributed by atoms with E-state index in [0.717, 1.165) is 5.56 Å². The van der Waals surface area contributed by atoms with Gasteiger partial charge in [0.1, 0.15) is 18.6 Å². The first-order chi connectivity index (χ1) is 20.1. The van der Waals surface area contributed by atoms with Crippen LogP contribution in [-0.4, -0.2) is 63.3 Å². The highest BCUT2D eigenvalue weighted by Crippen LogP contribution is 2.37. The Hall–Kier alpha value is -2.83. The van der Waals surface area contributed by atoms with Gasteiger partial charge in [-0.25, -0.2) is 4.79 Å². The van der Waals surface area contributed by atoms with E-state index in [-0.39, 0.29) is 37.5 Å². The number of alkyl halides is 4. The van der Waals surface area contributed by atoms with Gasteiger partial charge in [-0.05, 0) is 45.6 Å². The molecule has 43 heavy (non-hydrogen) atoms. The van der Waals surface area contributed by atoms with Crippen LogP contribution >= 0.6 is 15.9 Å². The van der Waals surface area contributed by atoms with E-state index in [1.165, 1.54) is 13.8 Å². The molecule has 0 aliphatic rings. The van der Waals surface area contributed by atoms with Crippen molar-refractivity contribution in [3.63, 3.8) is 0 Å². The molecule has 0 fully saturated rings. The molecule has 9 nitrogen and oxygen atoms in total. The van der Waals surface area contributed by atoms with Gasteiger partial charge in [-0.2, -0.15) is 13.2 Å². The van der Waals surface area contributed by atoms with Crippen LogP contribution in [0.1, 0.15) is 83.0 Å². The van der Waals surface area contributed by atoms with Crippen LogP contribution in [0.25, 0.3) is 0 Å². The molecule has 0 aliphatic heterocycles. The van der Waals surface area contributed by atoms with Gasteiger partial charge >= 0.3 is 30.2 Å².